The first kappa shape index (κ1) is 12.0. The third-order valence-electron chi connectivity index (χ3n) is 1.37. The van der Waals surface area contributed by atoms with Gasteiger partial charge in [-0.1, -0.05) is 0 Å². The van der Waals surface area contributed by atoms with Crippen LogP contribution in [0, 0.1) is 0 Å². The predicted octanol–water partition coefficient (Wildman–Crippen LogP) is 1.90. The fourth-order valence-electron chi connectivity index (χ4n) is 0.813. The molecule has 0 radical (unpaired) electrons. The van der Waals surface area contributed by atoms with Crippen LogP contribution in [-0.2, 0) is 16.1 Å². The molecule has 1 N–H and O–H groups in total. The van der Waals surface area contributed by atoms with Gasteiger partial charge in [-0.25, -0.2) is 5.48 Å². The molecule has 84 valence electrons. The number of rotatable bonds is 4. The van der Waals surface area contributed by atoms with Crippen LogP contribution in [0.2, 0.25) is 0 Å². The zero-order chi connectivity index (χ0) is 11.3. The Morgan fingerprint density at radius 3 is 2.80 bits per heavy atom. The molecule has 15 heavy (non-hydrogen) atoms. The molecule has 1 amide bonds. The summed E-state index contributed by atoms with van der Waals surface area (Å²) in [5.41, 5.74) is 2.47. The van der Waals surface area contributed by atoms with Gasteiger partial charge < -0.3 is 0 Å². The molecule has 7 heteroatoms. The lowest BCUT2D eigenvalue weighted by Gasteiger charge is -2.07. The van der Waals surface area contributed by atoms with Crippen LogP contribution in [0.1, 0.15) is 5.56 Å². The molecule has 0 aliphatic rings. The molecule has 1 heterocycles. The molecule has 0 atom stereocenters. The van der Waals surface area contributed by atoms with Gasteiger partial charge in [-0.3, -0.25) is 9.63 Å². The Hall–Kier alpha value is -1.08. The zero-order valence-electron chi connectivity index (χ0n) is 7.50. The minimum Gasteiger partial charge on any atom is -0.272 e. The fraction of sp³-hybridized carbons (Fsp3) is 0.375. The lowest BCUT2D eigenvalue weighted by atomic mass is 10.2. The van der Waals surface area contributed by atoms with Gasteiger partial charge in [-0.15, -0.1) is 0 Å². The molecular formula is C8H8F3NO2S. The van der Waals surface area contributed by atoms with Gasteiger partial charge in [0.2, 0.25) is 5.91 Å². The van der Waals surface area contributed by atoms with Crippen LogP contribution < -0.4 is 5.48 Å². The maximum absolute atomic E-state index is 11.6. The van der Waals surface area contributed by atoms with Crippen LogP contribution in [0.15, 0.2) is 16.8 Å². The van der Waals surface area contributed by atoms with Crippen molar-refractivity contribution in [3.05, 3.63) is 22.4 Å². The summed E-state index contributed by atoms with van der Waals surface area (Å²) in [4.78, 5) is 15.0. The Bertz CT molecular complexity index is 310. The summed E-state index contributed by atoms with van der Waals surface area (Å²) in [5.74, 6) is -0.599. The number of hydroxylamine groups is 1. The van der Waals surface area contributed by atoms with E-state index in [2.05, 4.69) is 4.84 Å². The monoisotopic (exact) mass is 239 g/mol. The van der Waals surface area contributed by atoms with Crippen molar-refractivity contribution in [1.82, 2.24) is 5.48 Å². The van der Waals surface area contributed by atoms with E-state index in [0.717, 1.165) is 5.56 Å². The largest absolute Gasteiger partial charge is 0.414 e. The number of hydrogen-bond donors (Lipinski definition) is 1. The number of amides is 1. The molecule has 0 aliphatic heterocycles. The van der Waals surface area contributed by atoms with E-state index in [0.29, 0.717) is 0 Å². The van der Waals surface area contributed by atoms with E-state index in [1.807, 2.05) is 0 Å². The van der Waals surface area contributed by atoms with Crippen molar-refractivity contribution in [2.24, 2.45) is 0 Å². The first-order valence-corrected chi connectivity index (χ1v) is 4.90. The van der Waals surface area contributed by atoms with Crippen molar-refractivity contribution >= 4 is 17.2 Å². The number of alkyl halides is 3. The maximum Gasteiger partial charge on any atom is 0.414 e. The lowest BCUT2D eigenvalue weighted by Crippen LogP contribution is -2.30. The summed E-state index contributed by atoms with van der Waals surface area (Å²) in [5, 5.41) is 3.52. The second-order valence-corrected chi connectivity index (χ2v) is 3.52. The molecular weight excluding hydrogens is 231 g/mol. The maximum atomic E-state index is 11.6. The second-order valence-electron chi connectivity index (χ2n) is 2.74. The normalized spacial score (nSPS) is 11.4. The molecule has 0 saturated carbocycles. The van der Waals surface area contributed by atoms with Crippen molar-refractivity contribution < 1.29 is 22.8 Å². The van der Waals surface area contributed by atoms with Gasteiger partial charge in [0.15, 0.2) is 6.61 Å². The van der Waals surface area contributed by atoms with Crippen LogP contribution in [0.25, 0.3) is 0 Å². The standard InChI is InChI=1S/C8H8F3NO2S/c9-8(10,11)5-14-12-7(13)3-6-1-2-15-4-6/h1-2,4H,3,5H2,(H,12,13). The number of carbonyl (C=O) groups excluding carboxylic acids is 1. The van der Waals surface area contributed by atoms with E-state index >= 15 is 0 Å². The number of thiophene rings is 1. The van der Waals surface area contributed by atoms with Crippen molar-refractivity contribution in [3.8, 4) is 0 Å². The molecule has 0 saturated heterocycles. The van der Waals surface area contributed by atoms with Gasteiger partial charge in [0.1, 0.15) is 0 Å². The fourth-order valence-corrected chi connectivity index (χ4v) is 1.48. The third-order valence-corrected chi connectivity index (χ3v) is 2.10. The van der Waals surface area contributed by atoms with Crippen LogP contribution >= 0.6 is 11.3 Å². The minimum atomic E-state index is -4.43. The Kier molecular flexibility index (Phi) is 4.10. The van der Waals surface area contributed by atoms with E-state index in [-0.39, 0.29) is 6.42 Å². The van der Waals surface area contributed by atoms with E-state index in [4.69, 9.17) is 0 Å². The highest BCUT2D eigenvalue weighted by Crippen LogP contribution is 2.13. The first-order valence-electron chi connectivity index (χ1n) is 3.96. The summed E-state index contributed by atoms with van der Waals surface area (Å²) in [6, 6.07) is 1.72. The summed E-state index contributed by atoms with van der Waals surface area (Å²) in [7, 11) is 0. The number of carbonyl (C=O) groups is 1. The summed E-state index contributed by atoms with van der Waals surface area (Å²) in [6.45, 7) is -1.48. The molecule has 1 rings (SSSR count). The summed E-state index contributed by atoms with van der Waals surface area (Å²) in [6.07, 6.45) is -4.42. The molecule has 0 unspecified atom stereocenters. The molecule has 0 fully saturated rings. The van der Waals surface area contributed by atoms with Gasteiger partial charge in [0.05, 0.1) is 6.42 Å². The van der Waals surface area contributed by atoms with Gasteiger partial charge >= 0.3 is 6.18 Å². The quantitative estimate of drug-likeness (QED) is 0.815. The van der Waals surface area contributed by atoms with Gasteiger partial charge in [-0.2, -0.15) is 24.5 Å². The number of nitrogens with one attached hydrogen (secondary N) is 1. The van der Waals surface area contributed by atoms with Crippen LogP contribution in [-0.4, -0.2) is 18.7 Å². The molecule has 0 bridgehead atoms. The Morgan fingerprint density at radius 2 is 2.27 bits per heavy atom. The first-order chi connectivity index (χ1) is 6.97. The van der Waals surface area contributed by atoms with Crippen molar-refractivity contribution in [1.29, 1.82) is 0 Å². The molecule has 3 nitrogen and oxygen atoms in total. The highest BCUT2D eigenvalue weighted by atomic mass is 32.1. The Morgan fingerprint density at radius 1 is 1.53 bits per heavy atom. The summed E-state index contributed by atoms with van der Waals surface area (Å²) >= 11 is 1.41. The van der Waals surface area contributed by atoms with Crippen molar-refractivity contribution in [2.45, 2.75) is 12.6 Å². The number of hydrogen-bond acceptors (Lipinski definition) is 3. The molecule has 0 aliphatic carbocycles. The lowest BCUT2D eigenvalue weighted by molar-refractivity contribution is -0.191. The van der Waals surface area contributed by atoms with Crippen LogP contribution in [0.4, 0.5) is 13.2 Å². The average molecular weight is 239 g/mol. The molecule has 1 aromatic heterocycles. The predicted molar refractivity (Wildman–Crippen MR) is 48.2 cm³/mol. The highest BCUT2D eigenvalue weighted by molar-refractivity contribution is 7.07. The molecule has 0 aromatic carbocycles. The van der Waals surface area contributed by atoms with Crippen molar-refractivity contribution in [3.63, 3.8) is 0 Å². The van der Waals surface area contributed by atoms with E-state index < -0.39 is 18.7 Å². The molecule has 1 aromatic rings. The van der Waals surface area contributed by atoms with Crippen LogP contribution in [0.5, 0.6) is 0 Å². The van der Waals surface area contributed by atoms with Gasteiger partial charge in [0.25, 0.3) is 0 Å². The van der Waals surface area contributed by atoms with E-state index in [9.17, 15) is 18.0 Å². The van der Waals surface area contributed by atoms with E-state index in [1.165, 1.54) is 11.3 Å². The van der Waals surface area contributed by atoms with Crippen molar-refractivity contribution in [2.75, 3.05) is 6.61 Å². The highest BCUT2D eigenvalue weighted by Gasteiger charge is 2.28. The minimum absolute atomic E-state index is 0.0152. The van der Waals surface area contributed by atoms with Gasteiger partial charge in [0, 0.05) is 0 Å². The Labute approximate surface area is 87.8 Å². The average Bonchev–Trinajstić information content (AvgIpc) is 2.54. The summed E-state index contributed by atoms with van der Waals surface area (Å²) < 4.78 is 34.8. The number of halogens is 3. The smallest absolute Gasteiger partial charge is 0.272 e. The Balaban J connectivity index is 2.20. The van der Waals surface area contributed by atoms with Gasteiger partial charge in [-0.05, 0) is 22.4 Å². The zero-order valence-corrected chi connectivity index (χ0v) is 8.32. The third kappa shape index (κ3) is 5.38. The molecule has 0 spiro atoms. The SMILES string of the molecule is O=C(Cc1ccsc1)NOCC(F)(F)F. The van der Waals surface area contributed by atoms with Crippen LogP contribution in [0.3, 0.4) is 0 Å². The second kappa shape index (κ2) is 5.13. The topological polar surface area (TPSA) is 38.3 Å². The van der Waals surface area contributed by atoms with E-state index in [1.54, 1.807) is 22.3 Å².